The number of alkyl halides is 1. The van der Waals surface area contributed by atoms with Crippen LogP contribution in [0.2, 0.25) is 0 Å². The summed E-state index contributed by atoms with van der Waals surface area (Å²) in [6, 6.07) is 5.72. The van der Waals surface area contributed by atoms with E-state index >= 15 is 0 Å². The summed E-state index contributed by atoms with van der Waals surface area (Å²) < 4.78 is 4.46. The van der Waals surface area contributed by atoms with Crippen LogP contribution >= 0.6 is 27.7 Å². The van der Waals surface area contributed by atoms with Crippen molar-refractivity contribution in [3.63, 3.8) is 0 Å². The van der Waals surface area contributed by atoms with Crippen molar-refractivity contribution in [2.45, 2.75) is 53.6 Å². The third-order valence-electron chi connectivity index (χ3n) is 7.73. The smallest absolute Gasteiger partial charge is 0.248 e. The minimum atomic E-state index is -0.803. The van der Waals surface area contributed by atoms with Gasteiger partial charge in [0.05, 0.1) is 36.3 Å². The van der Waals surface area contributed by atoms with Crippen LogP contribution in [0.15, 0.2) is 24.3 Å². The number of anilines is 1. The number of nitrogens with one attached hydrogen (secondary N) is 2. The number of rotatable bonds is 8. The van der Waals surface area contributed by atoms with Gasteiger partial charge in [-0.05, 0) is 36.6 Å². The van der Waals surface area contributed by atoms with Gasteiger partial charge in [-0.1, -0.05) is 36.2 Å². The van der Waals surface area contributed by atoms with Gasteiger partial charge in [-0.25, -0.2) is 0 Å². The van der Waals surface area contributed by atoms with Gasteiger partial charge in [-0.2, -0.15) is 0 Å². The van der Waals surface area contributed by atoms with Crippen LogP contribution in [0.3, 0.4) is 0 Å². The second-order valence-electron chi connectivity index (χ2n) is 9.38. The number of benzene rings is 1. The summed E-state index contributed by atoms with van der Waals surface area (Å²) in [6.45, 7) is 3.74. The third-order valence-corrected chi connectivity index (χ3v) is 10.9. The molecule has 3 unspecified atom stereocenters. The number of amides is 3. The average molecular weight is 555 g/mol. The lowest BCUT2D eigenvalue weighted by atomic mass is 9.70. The van der Waals surface area contributed by atoms with Crippen LogP contribution in [0.1, 0.15) is 26.7 Å². The second-order valence-corrected chi connectivity index (χ2v) is 12.1. The number of hydrogen-bond donors (Lipinski definition) is 3. The fourth-order valence-electron chi connectivity index (χ4n) is 5.89. The Kier molecular flexibility index (Phi) is 7.22. The van der Waals surface area contributed by atoms with Crippen LogP contribution in [0.4, 0.5) is 5.69 Å². The van der Waals surface area contributed by atoms with E-state index in [2.05, 4.69) is 26.6 Å². The molecule has 8 nitrogen and oxygen atoms in total. The minimum absolute atomic E-state index is 0.0104. The Morgan fingerprint density at radius 3 is 2.56 bits per heavy atom. The molecule has 3 aliphatic heterocycles. The molecule has 4 rings (SSSR count). The number of methoxy groups -OCH3 is 1. The maximum absolute atomic E-state index is 14.0. The van der Waals surface area contributed by atoms with E-state index in [1.807, 2.05) is 13.8 Å². The number of ether oxygens (including phenoxy) is 1. The van der Waals surface area contributed by atoms with E-state index in [-0.39, 0.29) is 40.3 Å². The molecule has 2 bridgehead atoms. The molecule has 3 N–H and O–H groups in total. The molecule has 0 aromatic heterocycles. The minimum Gasteiger partial charge on any atom is -0.497 e. The Balaban J connectivity index is 1.77. The number of fused-ring (bicyclic) bond motifs is 1. The third kappa shape index (κ3) is 3.82. The standard InChI is InChI=1S/C24H32BrN3O5S/c1-5-12(2)16(11-29)28-20(22(31)27-13-6-8-14(33-4)9-7-13)24-10-15(25)19(34-24)17(21(30)26-3)18(24)23(28)32/h6-9,12,15-20,29H,5,10-11H2,1-4H3,(H,26,30)(H,27,31)/t12-,15?,16-,17-,18-,19-,20?,24?/m0/s1. The molecule has 3 heterocycles. The normalized spacial score (nSPS) is 33.4. The highest BCUT2D eigenvalue weighted by Gasteiger charge is 2.76. The zero-order valence-electron chi connectivity index (χ0n) is 19.8. The highest BCUT2D eigenvalue weighted by atomic mass is 79.9. The Bertz CT molecular complexity index is 962. The number of halogens is 1. The number of likely N-dealkylation sites (tertiary alicyclic amines) is 1. The SMILES string of the molecule is CC[C@H](C)[C@H](CO)N1C(=O)[C@@H]2[C@H](C(=O)NC)[C@H]3SC2(CC3Br)C1C(=O)Nc1ccc(OC)cc1. The van der Waals surface area contributed by atoms with Crippen molar-refractivity contribution in [3.8, 4) is 5.75 Å². The zero-order chi connectivity index (χ0) is 24.8. The zero-order valence-corrected chi connectivity index (χ0v) is 22.2. The quantitative estimate of drug-likeness (QED) is 0.426. The number of thioether (sulfide) groups is 1. The number of carbonyl (C=O) groups is 3. The topological polar surface area (TPSA) is 108 Å². The van der Waals surface area contributed by atoms with Crippen LogP contribution in [0.5, 0.6) is 5.75 Å². The summed E-state index contributed by atoms with van der Waals surface area (Å²) in [5.74, 6) is -1.17. The highest BCUT2D eigenvalue weighted by molar-refractivity contribution is 9.09. The van der Waals surface area contributed by atoms with Crippen LogP contribution in [0.25, 0.3) is 0 Å². The van der Waals surface area contributed by atoms with Gasteiger partial charge in [0.2, 0.25) is 17.7 Å². The summed E-state index contributed by atoms with van der Waals surface area (Å²) in [7, 11) is 3.15. The van der Waals surface area contributed by atoms with Gasteiger partial charge < -0.3 is 25.4 Å². The number of carbonyl (C=O) groups excluding carboxylic acids is 3. The molecule has 1 spiro atoms. The van der Waals surface area contributed by atoms with Gasteiger partial charge in [-0.15, -0.1) is 11.8 Å². The molecule has 3 saturated heterocycles. The molecule has 3 amide bonds. The predicted octanol–water partition coefficient (Wildman–Crippen LogP) is 2.25. The molecule has 3 aliphatic rings. The fraction of sp³-hybridized carbons (Fsp3) is 0.625. The van der Waals surface area contributed by atoms with Crippen LogP contribution in [0, 0.1) is 17.8 Å². The van der Waals surface area contributed by atoms with E-state index in [9.17, 15) is 19.5 Å². The lowest BCUT2D eigenvalue weighted by molar-refractivity contribution is -0.143. The second kappa shape index (κ2) is 9.70. The molecule has 8 atom stereocenters. The molecular weight excluding hydrogens is 522 g/mol. The van der Waals surface area contributed by atoms with E-state index < -0.39 is 28.7 Å². The van der Waals surface area contributed by atoms with E-state index in [4.69, 9.17) is 4.74 Å². The van der Waals surface area contributed by atoms with Gasteiger partial charge in [0, 0.05) is 22.8 Å². The molecule has 0 radical (unpaired) electrons. The van der Waals surface area contributed by atoms with Crippen molar-refractivity contribution in [1.29, 1.82) is 0 Å². The first-order valence-electron chi connectivity index (χ1n) is 11.6. The first-order valence-corrected chi connectivity index (χ1v) is 13.4. The molecule has 1 aromatic rings. The van der Waals surface area contributed by atoms with Crippen molar-refractivity contribution >= 4 is 51.1 Å². The number of aliphatic hydroxyl groups is 1. The maximum atomic E-state index is 14.0. The summed E-state index contributed by atoms with van der Waals surface area (Å²) in [5, 5.41) is 15.9. The van der Waals surface area contributed by atoms with E-state index in [0.29, 0.717) is 17.9 Å². The van der Waals surface area contributed by atoms with Gasteiger partial charge >= 0.3 is 0 Å². The highest BCUT2D eigenvalue weighted by Crippen LogP contribution is 2.68. The molecule has 10 heteroatoms. The Hall–Kier alpha value is -1.78. The number of nitrogens with zero attached hydrogens (tertiary/aromatic N) is 1. The lowest BCUT2D eigenvalue weighted by Gasteiger charge is -2.39. The average Bonchev–Trinajstić information content (AvgIpc) is 3.43. The maximum Gasteiger partial charge on any atom is 0.248 e. The number of aliphatic hydroxyl groups excluding tert-OH is 1. The van der Waals surface area contributed by atoms with E-state index in [1.54, 1.807) is 55.1 Å². The van der Waals surface area contributed by atoms with Gasteiger partial charge in [0.15, 0.2) is 0 Å². The van der Waals surface area contributed by atoms with Crippen molar-refractivity contribution in [2.75, 3.05) is 26.1 Å². The summed E-state index contributed by atoms with van der Waals surface area (Å²) in [6.07, 6.45) is 1.34. The van der Waals surface area contributed by atoms with E-state index in [0.717, 1.165) is 6.42 Å². The molecular formula is C24H32BrN3O5S. The van der Waals surface area contributed by atoms with Crippen molar-refractivity contribution in [2.24, 2.45) is 17.8 Å². The predicted molar refractivity (Wildman–Crippen MR) is 135 cm³/mol. The molecule has 186 valence electrons. The largest absolute Gasteiger partial charge is 0.497 e. The fourth-order valence-corrected chi connectivity index (χ4v) is 9.49. The molecule has 0 saturated carbocycles. The Morgan fingerprint density at radius 2 is 2.00 bits per heavy atom. The lowest BCUT2D eigenvalue weighted by Crippen LogP contribution is -2.56. The van der Waals surface area contributed by atoms with Crippen LogP contribution in [-0.2, 0) is 14.4 Å². The van der Waals surface area contributed by atoms with Gasteiger partial charge in [0.25, 0.3) is 0 Å². The van der Waals surface area contributed by atoms with Crippen LogP contribution in [-0.4, -0.2) is 75.4 Å². The summed E-state index contributed by atoms with van der Waals surface area (Å²) >= 11 is 5.32. The van der Waals surface area contributed by atoms with Crippen LogP contribution < -0.4 is 15.4 Å². The Labute approximate surface area is 212 Å². The molecule has 34 heavy (non-hydrogen) atoms. The molecule has 1 aromatic carbocycles. The monoisotopic (exact) mass is 553 g/mol. The van der Waals surface area contributed by atoms with E-state index in [1.165, 1.54) is 0 Å². The van der Waals surface area contributed by atoms with Crippen molar-refractivity contribution < 1.29 is 24.2 Å². The van der Waals surface area contributed by atoms with Gasteiger partial charge in [-0.3, -0.25) is 14.4 Å². The summed E-state index contributed by atoms with van der Waals surface area (Å²) in [5.41, 5.74) is 0.595. The first kappa shape index (κ1) is 25.3. The summed E-state index contributed by atoms with van der Waals surface area (Å²) in [4.78, 5) is 42.4. The van der Waals surface area contributed by atoms with Crippen molar-refractivity contribution in [3.05, 3.63) is 24.3 Å². The molecule has 3 fully saturated rings. The molecule has 0 aliphatic carbocycles. The first-order chi connectivity index (χ1) is 16.2. The van der Waals surface area contributed by atoms with Crippen molar-refractivity contribution in [1.82, 2.24) is 10.2 Å². The Morgan fingerprint density at radius 1 is 1.32 bits per heavy atom. The number of hydrogen-bond acceptors (Lipinski definition) is 6. The van der Waals surface area contributed by atoms with Gasteiger partial charge in [0.1, 0.15) is 11.8 Å².